The van der Waals surface area contributed by atoms with Crippen LogP contribution in [0.5, 0.6) is 11.5 Å². The molecule has 0 aliphatic rings. The summed E-state index contributed by atoms with van der Waals surface area (Å²) in [4.78, 5) is 28.9. The maximum atomic E-state index is 13.0. The number of aliphatic imine (C=N–C) groups is 1. The Balaban J connectivity index is 2.75. The van der Waals surface area contributed by atoms with E-state index in [1.54, 1.807) is 38.3 Å². The summed E-state index contributed by atoms with van der Waals surface area (Å²) in [7, 11) is 1.76. The molecular weight excluding hydrogens is 514 g/mol. The number of phenolic OH excluding ortho intramolecular Hbond substituents is 1. The average molecular weight is 562 g/mol. The van der Waals surface area contributed by atoms with Gasteiger partial charge in [0.25, 0.3) is 0 Å². The number of carbonyl (C=O) groups excluding carboxylic acids is 2. The Labute approximate surface area is 238 Å². The molecule has 5 N–H and O–H groups in total. The first-order valence-corrected chi connectivity index (χ1v) is 13.9. The highest BCUT2D eigenvalue weighted by Crippen LogP contribution is 2.31. The highest BCUT2D eigenvalue weighted by atomic mass is 16.5. The number of rotatable bonds is 19. The van der Waals surface area contributed by atoms with Crippen molar-refractivity contribution in [3.8, 4) is 11.5 Å². The molecule has 10 heteroatoms. The van der Waals surface area contributed by atoms with Gasteiger partial charge < -0.3 is 35.4 Å². The summed E-state index contributed by atoms with van der Waals surface area (Å²) >= 11 is 0. The molecule has 0 aliphatic carbocycles. The Morgan fingerprint density at radius 2 is 1.90 bits per heavy atom. The monoisotopic (exact) mass is 561 g/mol. The summed E-state index contributed by atoms with van der Waals surface area (Å²) in [5.74, 6) is -0.239. The van der Waals surface area contributed by atoms with E-state index in [0.29, 0.717) is 24.5 Å². The van der Waals surface area contributed by atoms with E-state index in [-0.39, 0.29) is 23.7 Å². The standard InChI is InChI=1S/C30H47N3O7/c1-6-8-13-23-17-24(39-16-10-9-15-32-19-28(31-5)33-7-2)18-26(36)29(23)30(38)40-22(4)21(3)12-11-14-25(35)27(37)20-34/h8,11-13,17-18,21-22,27,32,34,36-37H,6-7,9-10,14-16,19-20H2,1-5H3,(H,31,33)/b12-11-,13-8+/t21-,22+,27+/m1/s1. The molecule has 1 aromatic carbocycles. The SMILES string of the molecule is CC/C=C/c1cc(OCCCCNCC(=NC)NCC)cc(O)c1C(=O)O[C@@H](C)[C@H](C)/C=C\CC(=O)[C@@H](O)CO. The lowest BCUT2D eigenvalue weighted by atomic mass is 10.0. The van der Waals surface area contributed by atoms with Crippen molar-refractivity contribution >= 4 is 23.7 Å². The fourth-order valence-corrected chi connectivity index (χ4v) is 3.61. The van der Waals surface area contributed by atoms with Crippen LogP contribution in [-0.4, -0.2) is 85.0 Å². The number of phenols is 1. The van der Waals surface area contributed by atoms with Crippen LogP contribution < -0.4 is 15.4 Å². The van der Waals surface area contributed by atoms with Crippen molar-refractivity contribution in [2.75, 3.05) is 39.9 Å². The molecule has 0 saturated heterocycles. The molecule has 40 heavy (non-hydrogen) atoms. The summed E-state index contributed by atoms with van der Waals surface area (Å²) in [6.45, 7) is 9.72. The quantitative estimate of drug-likeness (QED) is 0.0564. The van der Waals surface area contributed by atoms with E-state index in [4.69, 9.17) is 14.6 Å². The van der Waals surface area contributed by atoms with Crippen molar-refractivity contribution in [2.45, 2.75) is 65.6 Å². The normalized spacial score (nSPS) is 14.3. The van der Waals surface area contributed by atoms with Crippen molar-refractivity contribution in [1.82, 2.24) is 10.6 Å². The Bertz CT molecular complexity index is 1010. The molecule has 1 rings (SSSR count). The first kappa shape index (κ1) is 34.8. The number of amidine groups is 1. The van der Waals surface area contributed by atoms with Crippen molar-refractivity contribution in [1.29, 1.82) is 0 Å². The van der Waals surface area contributed by atoms with Gasteiger partial charge in [0.1, 0.15) is 35.1 Å². The zero-order valence-electron chi connectivity index (χ0n) is 24.5. The van der Waals surface area contributed by atoms with Crippen LogP contribution in [0, 0.1) is 5.92 Å². The number of aliphatic hydroxyl groups excluding tert-OH is 2. The molecule has 0 spiro atoms. The highest BCUT2D eigenvalue weighted by Gasteiger charge is 2.23. The van der Waals surface area contributed by atoms with Crippen molar-refractivity contribution in [2.24, 2.45) is 10.9 Å². The van der Waals surface area contributed by atoms with Crippen LogP contribution in [0.4, 0.5) is 0 Å². The van der Waals surface area contributed by atoms with Gasteiger partial charge in [0, 0.05) is 32.0 Å². The number of nitrogens with zero attached hydrogens (tertiary/aromatic N) is 1. The molecule has 0 amide bonds. The maximum Gasteiger partial charge on any atom is 0.342 e. The third-order valence-electron chi connectivity index (χ3n) is 6.16. The van der Waals surface area contributed by atoms with Gasteiger partial charge in [-0.05, 0) is 51.3 Å². The summed E-state index contributed by atoms with van der Waals surface area (Å²) < 4.78 is 11.5. The van der Waals surface area contributed by atoms with Gasteiger partial charge in [-0.15, -0.1) is 0 Å². The molecule has 0 aromatic heterocycles. The molecule has 0 aliphatic heterocycles. The van der Waals surface area contributed by atoms with Gasteiger partial charge in [-0.25, -0.2) is 4.79 Å². The number of ether oxygens (including phenoxy) is 2. The topological polar surface area (TPSA) is 150 Å². The molecule has 0 bridgehead atoms. The number of likely N-dealkylation sites (N-methyl/N-ethyl adjacent to an activating group) is 1. The third-order valence-corrected chi connectivity index (χ3v) is 6.16. The van der Waals surface area contributed by atoms with Crippen molar-refractivity contribution in [3.05, 3.63) is 41.5 Å². The average Bonchev–Trinajstić information content (AvgIpc) is 2.93. The van der Waals surface area contributed by atoms with Crippen LogP contribution in [0.2, 0.25) is 0 Å². The Kier molecular flexibility index (Phi) is 17.2. The lowest BCUT2D eigenvalue weighted by Crippen LogP contribution is -2.34. The first-order valence-electron chi connectivity index (χ1n) is 13.9. The zero-order valence-corrected chi connectivity index (χ0v) is 24.5. The van der Waals surface area contributed by atoms with Crippen LogP contribution in [0.25, 0.3) is 6.08 Å². The number of aliphatic hydroxyl groups is 2. The molecule has 0 saturated carbocycles. The van der Waals surface area contributed by atoms with Gasteiger partial charge >= 0.3 is 5.97 Å². The predicted octanol–water partition coefficient (Wildman–Crippen LogP) is 3.25. The predicted molar refractivity (Wildman–Crippen MR) is 158 cm³/mol. The van der Waals surface area contributed by atoms with Crippen LogP contribution in [0.1, 0.15) is 69.3 Å². The van der Waals surface area contributed by atoms with E-state index in [1.807, 2.05) is 26.8 Å². The van der Waals surface area contributed by atoms with Crippen LogP contribution >= 0.6 is 0 Å². The number of hydrogen-bond donors (Lipinski definition) is 5. The fourth-order valence-electron chi connectivity index (χ4n) is 3.61. The number of aromatic hydroxyl groups is 1. The van der Waals surface area contributed by atoms with Gasteiger partial charge in [0.2, 0.25) is 0 Å². The van der Waals surface area contributed by atoms with Crippen molar-refractivity contribution in [3.63, 3.8) is 0 Å². The van der Waals surface area contributed by atoms with Gasteiger partial charge in [0.05, 0.1) is 19.8 Å². The number of nitrogens with one attached hydrogen (secondary N) is 2. The second kappa shape index (κ2) is 19.8. The van der Waals surface area contributed by atoms with Crippen LogP contribution in [-0.2, 0) is 9.53 Å². The number of Topliss-reactive ketones (excluding diaryl/α,β-unsaturated/α-hetero) is 1. The van der Waals surface area contributed by atoms with E-state index < -0.39 is 30.6 Å². The molecule has 224 valence electrons. The fraction of sp³-hybridized carbons (Fsp3) is 0.567. The third kappa shape index (κ3) is 12.8. The lowest BCUT2D eigenvalue weighted by molar-refractivity contribution is -0.128. The van der Waals surface area contributed by atoms with Crippen LogP contribution in [0.15, 0.2) is 35.4 Å². The second-order valence-electron chi connectivity index (χ2n) is 9.42. The number of ketones is 1. The summed E-state index contributed by atoms with van der Waals surface area (Å²) in [6.07, 6.45) is 7.40. The van der Waals surface area contributed by atoms with E-state index in [2.05, 4.69) is 15.6 Å². The minimum absolute atomic E-state index is 0.0392. The summed E-state index contributed by atoms with van der Waals surface area (Å²) in [5.41, 5.74) is 0.553. The first-order chi connectivity index (χ1) is 19.2. The molecule has 3 atom stereocenters. The van der Waals surface area contributed by atoms with E-state index in [0.717, 1.165) is 38.2 Å². The van der Waals surface area contributed by atoms with Gasteiger partial charge in [-0.1, -0.05) is 38.2 Å². The van der Waals surface area contributed by atoms with E-state index in [1.165, 1.54) is 6.07 Å². The molecule has 10 nitrogen and oxygen atoms in total. The van der Waals surface area contributed by atoms with E-state index in [9.17, 15) is 19.8 Å². The molecule has 0 radical (unpaired) electrons. The summed E-state index contributed by atoms with van der Waals surface area (Å²) in [5, 5.41) is 35.5. The molecule has 0 fully saturated rings. The van der Waals surface area contributed by atoms with Crippen molar-refractivity contribution < 1.29 is 34.4 Å². The number of allylic oxidation sites excluding steroid dienone is 2. The van der Waals surface area contributed by atoms with Crippen LogP contribution in [0.3, 0.4) is 0 Å². The van der Waals surface area contributed by atoms with Gasteiger partial charge in [-0.2, -0.15) is 0 Å². The minimum atomic E-state index is -1.40. The van der Waals surface area contributed by atoms with Gasteiger partial charge in [0.15, 0.2) is 5.78 Å². The Morgan fingerprint density at radius 1 is 1.15 bits per heavy atom. The zero-order chi connectivity index (χ0) is 29.9. The lowest BCUT2D eigenvalue weighted by Gasteiger charge is -2.19. The molecule has 0 unspecified atom stereocenters. The number of carbonyl (C=O) groups is 2. The number of unbranched alkanes of at least 4 members (excludes halogenated alkanes) is 1. The summed E-state index contributed by atoms with van der Waals surface area (Å²) in [6, 6.07) is 3.14. The maximum absolute atomic E-state index is 13.0. The molecular formula is C30H47N3O7. The number of hydrogen-bond acceptors (Lipinski definition) is 9. The Hall–Kier alpha value is -3.21. The largest absolute Gasteiger partial charge is 0.507 e. The molecule has 0 heterocycles. The van der Waals surface area contributed by atoms with Gasteiger partial charge in [-0.3, -0.25) is 9.79 Å². The highest BCUT2D eigenvalue weighted by molar-refractivity contribution is 5.97. The number of esters is 1. The molecule has 1 aromatic rings. The Morgan fingerprint density at radius 3 is 2.55 bits per heavy atom. The smallest absolute Gasteiger partial charge is 0.342 e. The van der Waals surface area contributed by atoms with E-state index >= 15 is 0 Å². The second-order valence-corrected chi connectivity index (χ2v) is 9.42. The minimum Gasteiger partial charge on any atom is -0.507 e. The number of benzene rings is 1.